The second-order valence-electron chi connectivity index (χ2n) is 3.55. The number of nitrogens with zero attached hydrogens (tertiary/aromatic N) is 1. The van der Waals surface area contributed by atoms with Crippen LogP contribution in [0.1, 0.15) is 23.7 Å². The Morgan fingerprint density at radius 2 is 2.25 bits per heavy atom. The molecule has 1 atom stereocenters. The lowest BCUT2D eigenvalue weighted by atomic mass is 10.2. The first-order valence-corrected chi connectivity index (χ1v) is 5.46. The second kappa shape index (κ2) is 5.09. The zero-order chi connectivity index (χ0) is 11.4. The standard InChI is InChI=1S/C12H15NO3/c1-2-15-11-8-9-13(16-11)12(14)10-6-4-3-5-7-10/h3-7,11H,2,8-9H2,1H3. The van der Waals surface area contributed by atoms with Crippen LogP contribution in [0.5, 0.6) is 0 Å². The van der Waals surface area contributed by atoms with Crippen molar-refractivity contribution in [2.24, 2.45) is 0 Å². The first kappa shape index (κ1) is 11.1. The van der Waals surface area contributed by atoms with E-state index >= 15 is 0 Å². The summed E-state index contributed by atoms with van der Waals surface area (Å²) in [5.74, 6) is -0.109. The van der Waals surface area contributed by atoms with Crippen LogP contribution in [0.3, 0.4) is 0 Å². The van der Waals surface area contributed by atoms with E-state index in [-0.39, 0.29) is 12.2 Å². The van der Waals surface area contributed by atoms with Crippen LogP contribution in [-0.4, -0.2) is 30.4 Å². The normalized spacial score (nSPS) is 20.1. The van der Waals surface area contributed by atoms with Gasteiger partial charge in [0, 0.05) is 18.6 Å². The van der Waals surface area contributed by atoms with Gasteiger partial charge in [0.2, 0.25) is 0 Å². The van der Waals surface area contributed by atoms with E-state index in [1.54, 1.807) is 12.1 Å². The van der Waals surface area contributed by atoms with Crippen LogP contribution < -0.4 is 0 Å². The molecule has 0 saturated carbocycles. The number of ether oxygens (including phenoxy) is 1. The zero-order valence-corrected chi connectivity index (χ0v) is 9.26. The lowest BCUT2D eigenvalue weighted by molar-refractivity contribution is -0.207. The average molecular weight is 221 g/mol. The van der Waals surface area contributed by atoms with Crippen molar-refractivity contribution < 1.29 is 14.4 Å². The third-order valence-corrected chi connectivity index (χ3v) is 2.41. The predicted octanol–water partition coefficient (Wildman–Crippen LogP) is 1.83. The van der Waals surface area contributed by atoms with Crippen LogP contribution in [0, 0.1) is 0 Å². The highest BCUT2D eigenvalue weighted by molar-refractivity contribution is 5.93. The summed E-state index contributed by atoms with van der Waals surface area (Å²) in [5, 5.41) is 1.37. The number of rotatable bonds is 3. The van der Waals surface area contributed by atoms with E-state index in [4.69, 9.17) is 9.57 Å². The van der Waals surface area contributed by atoms with E-state index < -0.39 is 0 Å². The maximum Gasteiger partial charge on any atom is 0.277 e. The molecule has 0 aromatic heterocycles. The molecule has 1 aliphatic heterocycles. The Labute approximate surface area is 94.7 Å². The minimum absolute atomic E-state index is 0.109. The highest BCUT2D eigenvalue weighted by atomic mass is 16.8. The third-order valence-electron chi connectivity index (χ3n) is 2.41. The molecule has 1 aromatic rings. The van der Waals surface area contributed by atoms with Crippen molar-refractivity contribution in [1.29, 1.82) is 0 Å². The zero-order valence-electron chi connectivity index (χ0n) is 9.26. The van der Waals surface area contributed by atoms with Gasteiger partial charge >= 0.3 is 0 Å². The first-order chi connectivity index (χ1) is 7.81. The molecule has 0 N–H and O–H groups in total. The highest BCUT2D eigenvalue weighted by Gasteiger charge is 2.28. The van der Waals surface area contributed by atoms with Crippen LogP contribution in [0.4, 0.5) is 0 Å². The van der Waals surface area contributed by atoms with E-state index in [2.05, 4.69) is 0 Å². The van der Waals surface area contributed by atoms with Crippen LogP contribution in [0.15, 0.2) is 30.3 Å². The summed E-state index contributed by atoms with van der Waals surface area (Å²) in [6.07, 6.45) is 0.449. The van der Waals surface area contributed by atoms with Gasteiger partial charge in [0.1, 0.15) is 0 Å². The summed E-state index contributed by atoms with van der Waals surface area (Å²) in [6, 6.07) is 9.11. The molecule has 86 valence electrons. The van der Waals surface area contributed by atoms with Crippen molar-refractivity contribution >= 4 is 5.91 Å². The van der Waals surface area contributed by atoms with E-state index in [9.17, 15) is 4.79 Å². The Kier molecular flexibility index (Phi) is 3.54. The minimum Gasteiger partial charge on any atom is -0.350 e. The Bertz CT molecular complexity index is 353. The van der Waals surface area contributed by atoms with Gasteiger partial charge in [-0.2, -0.15) is 0 Å². The number of hydrogen-bond acceptors (Lipinski definition) is 3. The summed E-state index contributed by atoms with van der Waals surface area (Å²) < 4.78 is 5.30. The molecule has 1 amide bonds. The molecule has 0 spiro atoms. The van der Waals surface area contributed by atoms with Crippen LogP contribution >= 0.6 is 0 Å². The molecule has 16 heavy (non-hydrogen) atoms. The molecule has 1 aliphatic rings. The SMILES string of the molecule is CCOC1CCN(C(=O)c2ccccc2)O1. The molecular formula is C12H15NO3. The maximum absolute atomic E-state index is 11.9. The van der Waals surface area contributed by atoms with Crippen molar-refractivity contribution in [1.82, 2.24) is 5.06 Å². The fraction of sp³-hybridized carbons (Fsp3) is 0.417. The molecule has 4 nitrogen and oxygen atoms in total. The summed E-state index contributed by atoms with van der Waals surface area (Å²) >= 11 is 0. The van der Waals surface area contributed by atoms with Crippen molar-refractivity contribution in [3.8, 4) is 0 Å². The van der Waals surface area contributed by atoms with Gasteiger partial charge in [0.05, 0.1) is 6.54 Å². The minimum atomic E-state index is -0.280. The third kappa shape index (κ3) is 2.40. The molecule has 2 rings (SSSR count). The van der Waals surface area contributed by atoms with Gasteiger partial charge in [-0.05, 0) is 19.1 Å². The van der Waals surface area contributed by atoms with Crippen LogP contribution in [0.25, 0.3) is 0 Å². The number of amides is 1. The van der Waals surface area contributed by atoms with Gasteiger partial charge in [-0.15, -0.1) is 0 Å². The molecule has 0 bridgehead atoms. The molecule has 1 unspecified atom stereocenters. The van der Waals surface area contributed by atoms with Crippen LogP contribution in [-0.2, 0) is 9.57 Å². The van der Waals surface area contributed by atoms with E-state index in [1.807, 2.05) is 25.1 Å². The molecule has 1 aromatic carbocycles. The molecule has 0 radical (unpaired) electrons. The monoisotopic (exact) mass is 221 g/mol. The molecule has 4 heteroatoms. The van der Waals surface area contributed by atoms with Crippen LogP contribution in [0.2, 0.25) is 0 Å². The molecule has 0 aliphatic carbocycles. The van der Waals surface area contributed by atoms with Crippen molar-refractivity contribution in [3.05, 3.63) is 35.9 Å². The molecule has 1 fully saturated rings. The number of carbonyl (C=O) groups excluding carboxylic acids is 1. The number of hydroxylamine groups is 2. The van der Waals surface area contributed by atoms with E-state index in [0.717, 1.165) is 6.42 Å². The van der Waals surface area contributed by atoms with Gasteiger partial charge in [-0.3, -0.25) is 4.79 Å². The Morgan fingerprint density at radius 1 is 1.50 bits per heavy atom. The summed E-state index contributed by atoms with van der Waals surface area (Å²) in [4.78, 5) is 17.3. The number of benzene rings is 1. The van der Waals surface area contributed by atoms with Gasteiger partial charge in [0.15, 0.2) is 6.29 Å². The van der Waals surface area contributed by atoms with Crippen molar-refractivity contribution in [2.75, 3.05) is 13.2 Å². The lowest BCUT2D eigenvalue weighted by Crippen LogP contribution is -2.28. The largest absolute Gasteiger partial charge is 0.350 e. The summed E-state index contributed by atoms with van der Waals surface area (Å²) in [6.45, 7) is 3.08. The van der Waals surface area contributed by atoms with Gasteiger partial charge in [-0.25, -0.2) is 9.90 Å². The fourth-order valence-electron chi connectivity index (χ4n) is 1.64. The Balaban J connectivity index is 1.97. The van der Waals surface area contributed by atoms with Gasteiger partial charge < -0.3 is 4.74 Å². The van der Waals surface area contributed by atoms with E-state index in [0.29, 0.717) is 18.7 Å². The smallest absolute Gasteiger partial charge is 0.277 e. The van der Waals surface area contributed by atoms with Crippen molar-refractivity contribution in [3.63, 3.8) is 0 Å². The molecule has 1 heterocycles. The van der Waals surface area contributed by atoms with Crippen molar-refractivity contribution in [2.45, 2.75) is 19.6 Å². The van der Waals surface area contributed by atoms with Gasteiger partial charge in [-0.1, -0.05) is 18.2 Å². The number of carbonyl (C=O) groups is 1. The fourth-order valence-corrected chi connectivity index (χ4v) is 1.64. The second-order valence-corrected chi connectivity index (χ2v) is 3.55. The quantitative estimate of drug-likeness (QED) is 0.781. The first-order valence-electron chi connectivity index (χ1n) is 5.46. The van der Waals surface area contributed by atoms with E-state index in [1.165, 1.54) is 5.06 Å². The summed E-state index contributed by atoms with van der Waals surface area (Å²) in [7, 11) is 0. The molecule has 1 saturated heterocycles. The Morgan fingerprint density at radius 3 is 2.94 bits per heavy atom. The topological polar surface area (TPSA) is 38.8 Å². The molecular weight excluding hydrogens is 206 g/mol. The maximum atomic E-state index is 11.9. The predicted molar refractivity (Wildman–Crippen MR) is 58.6 cm³/mol. The number of hydrogen-bond donors (Lipinski definition) is 0. The average Bonchev–Trinajstić information content (AvgIpc) is 2.78. The Hall–Kier alpha value is -1.39. The highest BCUT2D eigenvalue weighted by Crippen LogP contribution is 2.17. The van der Waals surface area contributed by atoms with Gasteiger partial charge in [0.25, 0.3) is 5.91 Å². The lowest BCUT2D eigenvalue weighted by Gasteiger charge is -2.15. The summed E-state index contributed by atoms with van der Waals surface area (Å²) in [5.41, 5.74) is 0.639.